The molecule has 258 valence electrons. The number of aromatic nitrogens is 2. The zero-order chi connectivity index (χ0) is 35.5. The fourth-order valence-electron chi connectivity index (χ4n) is 5.00. The molecule has 2 aliphatic heterocycles. The lowest BCUT2D eigenvalue weighted by molar-refractivity contribution is -0.141. The molecule has 3 amide bonds. The normalized spacial score (nSPS) is 15.3. The van der Waals surface area contributed by atoms with Crippen molar-refractivity contribution in [3.8, 4) is 22.2 Å². The summed E-state index contributed by atoms with van der Waals surface area (Å²) in [6.45, 7) is 2.47. The van der Waals surface area contributed by atoms with Crippen molar-refractivity contribution in [3.63, 3.8) is 0 Å². The minimum atomic E-state index is -4.72. The van der Waals surface area contributed by atoms with Gasteiger partial charge in [0.25, 0.3) is 0 Å². The van der Waals surface area contributed by atoms with Gasteiger partial charge in [0.1, 0.15) is 34.6 Å². The Balaban J connectivity index is 0.000000199. The van der Waals surface area contributed by atoms with Crippen LogP contribution in [0.2, 0.25) is 5.02 Å². The second kappa shape index (κ2) is 15.0. The number of rotatable bonds is 8. The van der Waals surface area contributed by atoms with E-state index < -0.39 is 47.4 Å². The summed E-state index contributed by atoms with van der Waals surface area (Å²) in [4.78, 5) is 45.6. The molecule has 17 heteroatoms. The van der Waals surface area contributed by atoms with Crippen LogP contribution < -0.4 is 4.74 Å². The lowest BCUT2D eigenvalue weighted by atomic mass is 10.1. The molecule has 0 saturated carbocycles. The van der Waals surface area contributed by atoms with E-state index in [1.807, 2.05) is 5.38 Å². The van der Waals surface area contributed by atoms with Gasteiger partial charge < -0.3 is 14.4 Å². The number of ether oxygens (including phenoxy) is 2. The second-order valence-electron chi connectivity index (χ2n) is 10.7. The first-order valence-electron chi connectivity index (χ1n) is 14.5. The lowest BCUT2D eigenvalue weighted by Gasteiger charge is -2.24. The van der Waals surface area contributed by atoms with Crippen molar-refractivity contribution < 1.29 is 45.8 Å². The van der Waals surface area contributed by atoms with Gasteiger partial charge in [-0.3, -0.25) is 14.5 Å². The van der Waals surface area contributed by atoms with Gasteiger partial charge in [-0.15, -0.1) is 22.9 Å². The maximum absolute atomic E-state index is 14.4. The molecule has 0 spiro atoms. The highest BCUT2D eigenvalue weighted by molar-refractivity contribution is 7.13. The highest BCUT2D eigenvalue weighted by atomic mass is 35.5. The van der Waals surface area contributed by atoms with Gasteiger partial charge in [0.2, 0.25) is 17.7 Å². The molecule has 0 aliphatic carbocycles. The number of likely N-dealkylation sites (tertiary alicyclic amines) is 1. The third-order valence-corrected chi connectivity index (χ3v) is 8.96. The van der Waals surface area contributed by atoms with Crippen LogP contribution in [0.1, 0.15) is 48.2 Å². The van der Waals surface area contributed by atoms with E-state index in [-0.39, 0.29) is 41.5 Å². The molecular weight excluding hydrogens is 718 g/mol. The van der Waals surface area contributed by atoms with Crippen LogP contribution in [0.15, 0.2) is 54.0 Å². The van der Waals surface area contributed by atoms with Gasteiger partial charge in [0.15, 0.2) is 0 Å². The number of thiazole rings is 1. The number of nitrogens with zero attached hydrogens (tertiary/aromatic N) is 4. The van der Waals surface area contributed by atoms with Gasteiger partial charge >= 0.3 is 12.3 Å². The number of hydrogen-bond donors (Lipinski definition) is 0. The van der Waals surface area contributed by atoms with E-state index >= 15 is 0 Å². The van der Waals surface area contributed by atoms with Crippen molar-refractivity contribution >= 4 is 52.4 Å². The number of carbonyl (C=O) groups excluding carboxylic acids is 3. The van der Waals surface area contributed by atoms with Crippen molar-refractivity contribution in [3.05, 3.63) is 93.1 Å². The Morgan fingerprint density at radius 2 is 1.80 bits per heavy atom. The summed E-state index contributed by atoms with van der Waals surface area (Å²) in [6, 6.07) is 7.61. The summed E-state index contributed by atoms with van der Waals surface area (Å²) in [5.74, 6) is -2.77. The van der Waals surface area contributed by atoms with Crippen molar-refractivity contribution in [2.24, 2.45) is 0 Å². The number of alkyl halides is 4. The molecule has 1 atom stereocenters. The average Bonchev–Trinajstić information content (AvgIpc) is 3.79. The van der Waals surface area contributed by atoms with Crippen molar-refractivity contribution in [2.45, 2.75) is 44.4 Å². The van der Waals surface area contributed by atoms with Gasteiger partial charge in [-0.05, 0) is 49.4 Å². The number of halogens is 7. The number of imide groups is 1. The minimum Gasteiger partial charge on any atom is -0.448 e. The van der Waals surface area contributed by atoms with Crippen LogP contribution in [0.3, 0.4) is 0 Å². The molecular formula is C32H25Cl2F5N4O5S. The van der Waals surface area contributed by atoms with E-state index in [0.29, 0.717) is 24.6 Å². The molecule has 4 heterocycles. The van der Waals surface area contributed by atoms with Gasteiger partial charge in [-0.2, -0.15) is 13.2 Å². The summed E-state index contributed by atoms with van der Waals surface area (Å²) in [6.07, 6.45) is -3.98. The van der Waals surface area contributed by atoms with Crippen LogP contribution in [0, 0.1) is 11.6 Å². The summed E-state index contributed by atoms with van der Waals surface area (Å²) in [5, 5.41) is 2.38. The maximum Gasteiger partial charge on any atom is 0.421 e. The number of carbonyl (C=O) groups is 3. The average molecular weight is 744 g/mol. The largest absolute Gasteiger partial charge is 0.448 e. The Labute approximate surface area is 290 Å². The van der Waals surface area contributed by atoms with Crippen LogP contribution in [0.25, 0.3) is 10.6 Å². The highest BCUT2D eigenvalue weighted by Gasteiger charge is 2.37. The first-order valence-corrected chi connectivity index (χ1v) is 16.3. The van der Waals surface area contributed by atoms with Gasteiger partial charge in [-0.25, -0.2) is 23.5 Å². The standard InChI is InChI=1S/C18H13ClF4N2O3.C14H12ClFN2O2S/c1-9(25-15(26)4-5-16(25)27)10-7-14(12(19)8-13(10)20)28-17-11(18(21,22)23)3-2-6-24-17;15-6-11-8-21-13(17-11)9-1-2-12(16)10(5-9)7-18-3-4-20-14(18)19/h2-3,6-9H,4-5H2,1H3;1-2,5,8H,3-4,6-7H2. The van der Waals surface area contributed by atoms with Crippen LogP contribution in [0.4, 0.5) is 26.7 Å². The molecule has 0 N–H and O–H groups in total. The first kappa shape index (κ1) is 36.0. The number of amides is 3. The predicted molar refractivity (Wildman–Crippen MR) is 169 cm³/mol. The number of benzene rings is 2. The van der Waals surface area contributed by atoms with E-state index in [1.54, 1.807) is 12.1 Å². The number of cyclic esters (lactones) is 1. The van der Waals surface area contributed by atoms with Crippen molar-refractivity contribution in [2.75, 3.05) is 13.2 Å². The molecule has 6 rings (SSSR count). The molecule has 49 heavy (non-hydrogen) atoms. The van der Waals surface area contributed by atoms with Crippen molar-refractivity contribution in [1.82, 2.24) is 19.8 Å². The molecule has 2 aromatic carbocycles. The molecule has 9 nitrogen and oxygen atoms in total. The fraction of sp³-hybridized carbons (Fsp3) is 0.281. The Hall–Kier alpha value is -4.34. The predicted octanol–water partition coefficient (Wildman–Crippen LogP) is 8.54. The molecule has 2 saturated heterocycles. The molecule has 2 aromatic heterocycles. The van der Waals surface area contributed by atoms with Gasteiger partial charge in [0, 0.05) is 41.1 Å². The smallest absolute Gasteiger partial charge is 0.421 e. The topological polar surface area (TPSA) is 102 Å². The first-order chi connectivity index (χ1) is 23.3. The van der Waals surface area contributed by atoms with E-state index in [2.05, 4.69) is 9.97 Å². The lowest BCUT2D eigenvalue weighted by Crippen LogP contribution is -2.32. The fourth-order valence-corrected chi connectivity index (χ4v) is 6.24. The molecule has 2 fully saturated rings. The van der Waals surface area contributed by atoms with Crippen LogP contribution in [-0.4, -0.2) is 50.8 Å². The van der Waals surface area contributed by atoms with Crippen LogP contribution >= 0.6 is 34.5 Å². The van der Waals surface area contributed by atoms with E-state index in [1.165, 1.54) is 29.2 Å². The third kappa shape index (κ3) is 8.28. The maximum atomic E-state index is 14.4. The molecule has 4 aromatic rings. The molecule has 0 bridgehead atoms. The number of hydrogen-bond acceptors (Lipinski definition) is 8. The highest BCUT2D eigenvalue weighted by Crippen LogP contribution is 2.40. The minimum absolute atomic E-state index is 0.0185. The molecule has 1 unspecified atom stereocenters. The molecule has 2 aliphatic rings. The van der Waals surface area contributed by atoms with Gasteiger partial charge in [0.05, 0.1) is 35.7 Å². The van der Waals surface area contributed by atoms with E-state index in [9.17, 15) is 36.3 Å². The zero-order valence-electron chi connectivity index (χ0n) is 25.4. The Morgan fingerprint density at radius 3 is 2.43 bits per heavy atom. The monoisotopic (exact) mass is 742 g/mol. The summed E-state index contributed by atoms with van der Waals surface area (Å²) in [7, 11) is 0. The SMILES string of the molecule is CC(c1cc(Oc2ncccc2C(F)(F)F)c(Cl)cc1F)N1C(=O)CCC1=O.O=C1OCCN1Cc1cc(-c2nc(CCl)cs2)ccc1F. The summed E-state index contributed by atoms with van der Waals surface area (Å²) in [5.41, 5.74) is 0.822. The second-order valence-corrected chi connectivity index (χ2v) is 12.2. The summed E-state index contributed by atoms with van der Waals surface area (Å²) >= 11 is 13.1. The third-order valence-electron chi connectivity index (χ3n) is 7.45. The Morgan fingerprint density at radius 1 is 1.06 bits per heavy atom. The molecule has 0 radical (unpaired) electrons. The van der Waals surface area contributed by atoms with Crippen LogP contribution in [0.5, 0.6) is 11.6 Å². The Bertz CT molecular complexity index is 1880. The van der Waals surface area contributed by atoms with Crippen molar-refractivity contribution in [1.29, 1.82) is 0 Å². The van der Waals surface area contributed by atoms with Gasteiger partial charge in [-0.1, -0.05) is 11.6 Å². The zero-order valence-corrected chi connectivity index (χ0v) is 27.7. The van der Waals surface area contributed by atoms with Crippen LogP contribution in [-0.2, 0) is 32.9 Å². The van der Waals surface area contributed by atoms with E-state index in [0.717, 1.165) is 51.6 Å². The Kier molecular flexibility index (Phi) is 11.0. The summed E-state index contributed by atoms with van der Waals surface area (Å²) < 4.78 is 77.7. The number of pyridine rings is 1. The quantitative estimate of drug-likeness (QED) is 0.101. The van der Waals surface area contributed by atoms with E-state index in [4.69, 9.17) is 32.7 Å².